The molecule has 0 aliphatic carbocycles. The topological polar surface area (TPSA) is 78.5 Å². The van der Waals surface area contributed by atoms with Crippen LogP contribution in [-0.2, 0) is 10.2 Å². The lowest BCUT2D eigenvalue weighted by Crippen LogP contribution is -2.48. The van der Waals surface area contributed by atoms with Crippen LogP contribution in [0, 0.1) is 0 Å². The van der Waals surface area contributed by atoms with Crippen molar-refractivity contribution in [1.82, 2.24) is 9.62 Å². The molecule has 0 bridgehead atoms. The lowest BCUT2D eigenvalue weighted by Gasteiger charge is -2.26. The van der Waals surface area contributed by atoms with Crippen molar-refractivity contribution in [1.29, 1.82) is 0 Å². The second kappa shape index (κ2) is 5.68. The molecule has 1 fully saturated rings. The number of anilines is 1. The van der Waals surface area contributed by atoms with Gasteiger partial charge >= 0.3 is 10.2 Å². The molecule has 1 heterocycles. The van der Waals surface area contributed by atoms with Gasteiger partial charge in [-0.15, -0.1) is 0 Å². The van der Waals surface area contributed by atoms with Crippen molar-refractivity contribution in [3.05, 3.63) is 29.8 Å². The number of rotatable bonds is 4. The lowest BCUT2D eigenvalue weighted by molar-refractivity contribution is 0.101. The molecule has 19 heavy (non-hydrogen) atoms. The lowest BCUT2D eigenvalue weighted by atomic mass is 10.1. The van der Waals surface area contributed by atoms with Gasteiger partial charge in [-0.25, -0.2) is 0 Å². The number of carbonyl (C=O) groups is 1. The Balaban J connectivity index is 2.15. The summed E-state index contributed by atoms with van der Waals surface area (Å²) in [4.78, 5) is 11.3. The number of nitrogens with one attached hydrogen (secondary N) is 2. The van der Waals surface area contributed by atoms with Gasteiger partial charge in [0.1, 0.15) is 0 Å². The normalized spacial score (nSPS) is 17.1. The van der Waals surface area contributed by atoms with Crippen LogP contribution in [0.4, 0.5) is 5.69 Å². The number of hydrogen-bond acceptors (Lipinski definition) is 4. The summed E-state index contributed by atoms with van der Waals surface area (Å²) < 4.78 is 28.2. The van der Waals surface area contributed by atoms with Crippen LogP contribution in [0.25, 0.3) is 0 Å². The van der Waals surface area contributed by atoms with E-state index in [0.717, 1.165) is 0 Å². The molecule has 6 nitrogen and oxygen atoms in total. The fraction of sp³-hybridized carbons (Fsp3) is 0.417. The van der Waals surface area contributed by atoms with E-state index in [-0.39, 0.29) is 5.78 Å². The molecule has 2 N–H and O–H groups in total. The molecule has 1 aliphatic rings. The van der Waals surface area contributed by atoms with E-state index >= 15 is 0 Å². The van der Waals surface area contributed by atoms with Gasteiger partial charge in [-0.3, -0.25) is 9.52 Å². The predicted molar refractivity (Wildman–Crippen MR) is 73.4 cm³/mol. The summed E-state index contributed by atoms with van der Waals surface area (Å²) in [5.74, 6) is -0.0942. The highest BCUT2D eigenvalue weighted by Crippen LogP contribution is 2.14. The minimum absolute atomic E-state index is 0.0942. The number of ketones is 1. The highest BCUT2D eigenvalue weighted by atomic mass is 32.2. The van der Waals surface area contributed by atoms with Crippen molar-refractivity contribution >= 4 is 21.7 Å². The molecule has 0 unspecified atom stereocenters. The summed E-state index contributed by atoms with van der Waals surface area (Å²) in [5.41, 5.74) is 0.895. The molecule has 0 spiro atoms. The van der Waals surface area contributed by atoms with Crippen LogP contribution in [-0.4, -0.2) is 44.7 Å². The molecule has 1 saturated heterocycles. The van der Waals surface area contributed by atoms with Gasteiger partial charge in [0, 0.05) is 31.7 Å². The highest BCUT2D eigenvalue weighted by Gasteiger charge is 2.23. The van der Waals surface area contributed by atoms with E-state index in [9.17, 15) is 13.2 Å². The standard InChI is InChI=1S/C12H17N3O3S/c1-10(16)11-3-2-4-12(9-11)14-19(17,18)15-7-5-13-6-8-15/h2-4,9,13-14H,5-8H2,1H3. The zero-order valence-electron chi connectivity index (χ0n) is 10.7. The maximum atomic E-state index is 12.1. The Labute approximate surface area is 113 Å². The molecule has 0 atom stereocenters. The smallest absolute Gasteiger partial charge is 0.301 e. The van der Waals surface area contributed by atoms with E-state index in [4.69, 9.17) is 0 Å². The van der Waals surface area contributed by atoms with Crippen LogP contribution < -0.4 is 10.0 Å². The molecule has 0 amide bonds. The Morgan fingerprint density at radius 3 is 2.63 bits per heavy atom. The van der Waals surface area contributed by atoms with Gasteiger partial charge in [0.25, 0.3) is 0 Å². The SMILES string of the molecule is CC(=O)c1cccc(NS(=O)(=O)N2CCNCC2)c1. The quantitative estimate of drug-likeness (QED) is 0.787. The van der Waals surface area contributed by atoms with Crippen molar-refractivity contribution in [2.24, 2.45) is 0 Å². The largest absolute Gasteiger partial charge is 0.314 e. The number of carbonyl (C=O) groups excluding carboxylic acids is 1. The van der Waals surface area contributed by atoms with Gasteiger partial charge in [0.15, 0.2) is 5.78 Å². The third-order valence-corrected chi connectivity index (χ3v) is 4.47. The molecular formula is C12H17N3O3S. The van der Waals surface area contributed by atoms with Gasteiger partial charge in [0.05, 0.1) is 5.69 Å². The van der Waals surface area contributed by atoms with E-state index < -0.39 is 10.2 Å². The molecule has 1 aliphatic heterocycles. The number of nitrogens with zero attached hydrogens (tertiary/aromatic N) is 1. The zero-order chi connectivity index (χ0) is 13.9. The molecule has 0 saturated carbocycles. The summed E-state index contributed by atoms with van der Waals surface area (Å²) in [7, 11) is -3.55. The first-order valence-corrected chi connectivity index (χ1v) is 7.53. The van der Waals surface area contributed by atoms with Gasteiger partial charge in [-0.05, 0) is 19.1 Å². The maximum Gasteiger partial charge on any atom is 0.301 e. The average molecular weight is 283 g/mol. The Hall–Kier alpha value is -1.44. The van der Waals surface area contributed by atoms with E-state index in [1.807, 2.05) is 0 Å². The zero-order valence-corrected chi connectivity index (χ0v) is 11.5. The molecule has 2 rings (SSSR count). The minimum Gasteiger partial charge on any atom is -0.314 e. The molecule has 1 aromatic carbocycles. The first-order valence-electron chi connectivity index (χ1n) is 6.09. The summed E-state index contributed by atoms with van der Waals surface area (Å²) >= 11 is 0. The van der Waals surface area contributed by atoms with E-state index in [1.54, 1.807) is 24.3 Å². The highest BCUT2D eigenvalue weighted by molar-refractivity contribution is 7.90. The number of piperazine rings is 1. The fourth-order valence-corrected chi connectivity index (χ4v) is 3.12. The van der Waals surface area contributed by atoms with Crippen molar-refractivity contribution < 1.29 is 13.2 Å². The molecule has 104 valence electrons. The van der Waals surface area contributed by atoms with Crippen molar-refractivity contribution in [2.75, 3.05) is 30.9 Å². The van der Waals surface area contributed by atoms with E-state index in [1.165, 1.54) is 11.2 Å². The summed E-state index contributed by atoms with van der Waals surface area (Å²) in [5, 5.41) is 3.10. The monoisotopic (exact) mass is 283 g/mol. The second-order valence-corrected chi connectivity index (χ2v) is 6.06. The van der Waals surface area contributed by atoms with Gasteiger partial charge in [-0.2, -0.15) is 12.7 Å². The Bertz CT molecular complexity index is 565. The first-order chi connectivity index (χ1) is 8.99. The number of benzene rings is 1. The van der Waals surface area contributed by atoms with Crippen LogP contribution in [0.3, 0.4) is 0 Å². The van der Waals surface area contributed by atoms with Crippen LogP contribution >= 0.6 is 0 Å². The van der Waals surface area contributed by atoms with E-state index in [2.05, 4.69) is 10.0 Å². The Morgan fingerprint density at radius 2 is 2.00 bits per heavy atom. The van der Waals surface area contributed by atoms with Crippen LogP contribution in [0.5, 0.6) is 0 Å². The molecular weight excluding hydrogens is 266 g/mol. The molecule has 0 aromatic heterocycles. The summed E-state index contributed by atoms with van der Waals surface area (Å²) in [6, 6.07) is 6.49. The Kier molecular flexibility index (Phi) is 4.18. The molecule has 0 radical (unpaired) electrons. The average Bonchev–Trinajstić information content (AvgIpc) is 2.39. The number of Topliss-reactive ketones (excluding diaryl/α,β-unsaturated/α-hetero) is 1. The maximum absolute atomic E-state index is 12.1. The second-order valence-electron chi connectivity index (χ2n) is 4.39. The van der Waals surface area contributed by atoms with Gasteiger partial charge in [0.2, 0.25) is 0 Å². The van der Waals surface area contributed by atoms with Gasteiger partial charge < -0.3 is 5.32 Å². The summed E-state index contributed by atoms with van der Waals surface area (Å²) in [6.45, 7) is 3.64. The molecule has 1 aromatic rings. The first kappa shape index (κ1) is 14.0. The van der Waals surface area contributed by atoms with E-state index in [0.29, 0.717) is 37.4 Å². The van der Waals surface area contributed by atoms with Crippen molar-refractivity contribution in [2.45, 2.75) is 6.92 Å². The summed E-state index contributed by atoms with van der Waals surface area (Å²) in [6.07, 6.45) is 0. The minimum atomic E-state index is -3.55. The third-order valence-electron chi connectivity index (χ3n) is 2.93. The number of hydrogen-bond donors (Lipinski definition) is 2. The van der Waals surface area contributed by atoms with Crippen LogP contribution in [0.2, 0.25) is 0 Å². The Morgan fingerprint density at radius 1 is 1.32 bits per heavy atom. The van der Waals surface area contributed by atoms with Crippen LogP contribution in [0.1, 0.15) is 17.3 Å². The third kappa shape index (κ3) is 3.52. The molecule has 7 heteroatoms. The van der Waals surface area contributed by atoms with Gasteiger partial charge in [-0.1, -0.05) is 12.1 Å². The fourth-order valence-electron chi connectivity index (χ4n) is 1.90. The van der Waals surface area contributed by atoms with Crippen molar-refractivity contribution in [3.63, 3.8) is 0 Å². The van der Waals surface area contributed by atoms with Crippen molar-refractivity contribution in [3.8, 4) is 0 Å². The van der Waals surface area contributed by atoms with Crippen LogP contribution in [0.15, 0.2) is 24.3 Å². The predicted octanol–water partition coefficient (Wildman–Crippen LogP) is 0.451.